The van der Waals surface area contributed by atoms with E-state index in [2.05, 4.69) is 46.7 Å². The van der Waals surface area contributed by atoms with E-state index in [-0.39, 0.29) is 5.69 Å². The predicted octanol–water partition coefficient (Wildman–Crippen LogP) is 2.24. The zero-order valence-corrected chi connectivity index (χ0v) is 12.7. The Kier molecular flexibility index (Phi) is 5.43. The lowest BCUT2D eigenvalue weighted by atomic mass is 10.2. The Bertz CT molecular complexity index is 588. The fraction of sp³-hybridized carbons (Fsp3) is 0.429. The molecule has 0 saturated carbocycles. The molecule has 2 rings (SSSR count). The maximum Gasteiger partial charge on any atom is 0.343 e. The highest BCUT2D eigenvalue weighted by atomic mass is 32.2. The first-order chi connectivity index (χ1) is 9.74. The van der Waals surface area contributed by atoms with E-state index in [1.807, 2.05) is 6.92 Å². The Labute approximate surface area is 122 Å². The highest BCUT2D eigenvalue weighted by Gasteiger charge is 2.08. The van der Waals surface area contributed by atoms with E-state index >= 15 is 0 Å². The van der Waals surface area contributed by atoms with Crippen LogP contribution in [0.4, 0.5) is 0 Å². The van der Waals surface area contributed by atoms with Crippen LogP contribution in [0, 0.1) is 0 Å². The van der Waals surface area contributed by atoms with Crippen LogP contribution < -0.4 is 11.0 Å². The topological polar surface area (TPSA) is 62.7 Å². The van der Waals surface area contributed by atoms with Gasteiger partial charge in [-0.05, 0) is 49.3 Å². The third-order valence-corrected chi connectivity index (χ3v) is 3.93. The SMILES string of the molecule is CCCNCc1ccc(Sc2n[nH]c(=O)n2CC)cc1. The number of H-pyrrole nitrogens is 1. The fourth-order valence-corrected chi connectivity index (χ4v) is 2.75. The van der Waals surface area contributed by atoms with E-state index in [0.29, 0.717) is 11.7 Å². The molecule has 1 aromatic heterocycles. The third kappa shape index (κ3) is 3.74. The molecule has 0 spiro atoms. The first-order valence-corrected chi connectivity index (χ1v) is 7.69. The second-order valence-electron chi connectivity index (χ2n) is 4.48. The Morgan fingerprint density at radius 2 is 2.05 bits per heavy atom. The van der Waals surface area contributed by atoms with Crippen molar-refractivity contribution < 1.29 is 0 Å². The predicted molar refractivity (Wildman–Crippen MR) is 81.1 cm³/mol. The van der Waals surface area contributed by atoms with Crippen molar-refractivity contribution >= 4 is 11.8 Å². The molecule has 2 N–H and O–H groups in total. The quantitative estimate of drug-likeness (QED) is 0.768. The molecule has 2 aromatic rings. The molecule has 0 unspecified atom stereocenters. The average molecular weight is 292 g/mol. The summed E-state index contributed by atoms with van der Waals surface area (Å²) in [5.74, 6) is 0. The molecule has 0 aliphatic rings. The van der Waals surface area contributed by atoms with Crippen molar-refractivity contribution in [2.24, 2.45) is 0 Å². The number of aromatic nitrogens is 3. The smallest absolute Gasteiger partial charge is 0.313 e. The van der Waals surface area contributed by atoms with Gasteiger partial charge in [-0.25, -0.2) is 9.89 Å². The van der Waals surface area contributed by atoms with Gasteiger partial charge in [0.2, 0.25) is 0 Å². The number of nitrogens with zero attached hydrogens (tertiary/aromatic N) is 2. The highest BCUT2D eigenvalue weighted by molar-refractivity contribution is 7.99. The van der Waals surface area contributed by atoms with Crippen LogP contribution in [-0.2, 0) is 13.1 Å². The summed E-state index contributed by atoms with van der Waals surface area (Å²) in [6.07, 6.45) is 1.14. The second kappa shape index (κ2) is 7.31. The number of benzene rings is 1. The minimum Gasteiger partial charge on any atom is -0.313 e. The summed E-state index contributed by atoms with van der Waals surface area (Å²) in [6, 6.07) is 8.33. The van der Waals surface area contributed by atoms with E-state index in [1.165, 1.54) is 17.3 Å². The molecule has 0 aliphatic carbocycles. The van der Waals surface area contributed by atoms with E-state index in [4.69, 9.17) is 0 Å². The Hall–Kier alpha value is -1.53. The van der Waals surface area contributed by atoms with Crippen LogP contribution in [-0.4, -0.2) is 21.3 Å². The van der Waals surface area contributed by atoms with Crippen LogP contribution in [0.3, 0.4) is 0 Å². The standard InChI is InChI=1S/C14H20N4OS/c1-3-9-15-10-11-5-7-12(8-6-11)20-14-17-16-13(19)18(14)4-2/h5-8,15H,3-4,9-10H2,1-2H3,(H,16,19). The van der Waals surface area contributed by atoms with Gasteiger partial charge in [0.25, 0.3) is 0 Å². The number of rotatable bonds is 7. The Morgan fingerprint density at radius 3 is 2.70 bits per heavy atom. The van der Waals surface area contributed by atoms with Crippen molar-refractivity contribution in [3.05, 3.63) is 40.3 Å². The van der Waals surface area contributed by atoms with E-state index in [9.17, 15) is 4.79 Å². The van der Waals surface area contributed by atoms with Crippen LogP contribution in [0.25, 0.3) is 0 Å². The van der Waals surface area contributed by atoms with Gasteiger partial charge < -0.3 is 5.32 Å². The summed E-state index contributed by atoms with van der Waals surface area (Å²) < 4.78 is 1.63. The molecular formula is C14H20N4OS. The van der Waals surface area contributed by atoms with Gasteiger partial charge in [-0.2, -0.15) is 0 Å². The molecule has 5 nitrogen and oxygen atoms in total. The Morgan fingerprint density at radius 1 is 1.30 bits per heavy atom. The number of hydrogen-bond donors (Lipinski definition) is 2. The van der Waals surface area contributed by atoms with Crippen molar-refractivity contribution in [3.8, 4) is 0 Å². The van der Waals surface area contributed by atoms with Crippen molar-refractivity contribution in [3.63, 3.8) is 0 Å². The number of nitrogens with one attached hydrogen (secondary N) is 2. The summed E-state index contributed by atoms with van der Waals surface area (Å²) in [4.78, 5) is 12.6. The summed E-state index contributed by atoms with van der Waals surface area (Å²) >= 11 is 1.50. The van der Waals surface area contributed by atoms with Crippen molar-refractivity contribution in [2.75, 3.05) is 6.54 Å². The number of aromatic amines is 1. The molecule has 6 heteroatoms. The molecule has 0 atom stereocenters. The monoisotopic (exact) mass is 292 g/mol. The molecule has 0 radical (unpaired) electrons. The Balaban J connectivity index is 2.01. The lowest BCUT2D eigenvalue weighted by Gasteiger charge is -2.05. The van der Waals surface area contributed by atoms with E-state index in [1.54, 1.807) is 4.57 Å². The van der Waals surface area contributed by atoms with E-state index < -0.39 is 0 Å². The molecule has 0 fully saturated rings. The van der Waals surface area contributed by atoms with Crippen LogP contribution in [0.2, 0.25) is 0 Å². The fourth-order valence-electron chi connectivity index (χ4n) is 1.85. The molecule has 108 valence electrons. The van der Waals surface area contributed by atoms with Gasteiger partial charge in [0, 0.05) is 18.0 Å². The third-order valence-electron chi connectivity index (χ3n) is 2.93. The summed E-state index contributed by atoms with van der Waals surface area (Å²) in [5.41, 5.74) is 1.10. The van der Waals surface area contributed by atoms with E-state index in [0.717, 1.165) is 24.4 Å². The van der Waals surface area contributed by atoms with Gasteiger partial charge in [-0.3, -0.25) is 4.57 Å². The molecule has 0 amide bonds. The van der Waals surface area contributed by atoms with Crippen LogP contribution in [0.5, 0.6) is 0 Å². The molecule has 0 aliphatic heterocycles. The van der Waals surface area contributed by atoms with Gasteiger partial charge in [-0.1, -0.05) is 19.1 Å². The summed E-state index contributed by atoms with van der Waals surface area (Å²) in [5, 5.41) is 10.6. The lowest BCUT2D eigenvalue weighted by Crippen LogP contribution is -2.16. The molecule has 0 bridgehead atoms. The highest BCUT2D eigenvalue weighted by Crippen LogP contribution is 2.25. The maximum absolute atomic E-state index is 11.5. The number of hydrogen-bond acceptors (Lipinski definition) is 4. The average Bonchev–Trinajstić information content (AvgIpc) is 2.81. The van der Waals surface area contributed by atoms with Crippen molar-refractivity contribution in [1.29, 1.82) is 0 Å². The van der Waals surface area contributed by atoms with Crippen molar-refractivity contribution in [2.45, 2.75) is 43.4 Å². The minimum absolute atomic E-state index is 0.157. The normalized spacial score (nSPS) is 10.9. The molecule has 0 saturated heterocycles. The molecule has 1 heterocycles. The zero-order valence-electron chi connectivity index (χ0n) is 11.8. The van der Waals surface area contributed by atoms with Gasteiger partial charge in [-0.15, -0.1) is 5.10 Å². The second-order valence-corrected chi connectivity index (χ2v) is 5.52. The lowest BCUT2D eigenvalue weighted by molar-refractivity contribution is 0.660. The van der Waals surface area contributed by atoms with Gasteiger partial charge in [0.05, 0.1) is 0 Å². The van der Waals surface area contributed by atoms with Gasteiger partial charge >= 0.3 is 5.69 Å². The van der Waals surface area contributed by atoms with Gasteiger partial charge in [0.15, 0.2) is 5.16 Å². The molecular weight excluding hydrogens is 272 g/mol. The van der Waals surface area contributed by atoms with Gasteiger partial charge in [0.1, 0.15) is 0 Å². The van der Waals surface area contributed by atoms with Crippen molar-refractivity contribution in [1.82, 2.24) is 20.1 Å². The van der Waals surface area contributed by atoms with Crippen LogP contribution in [0.15, 0.2) is 39.1 Å². The van der Waals surface area contributed by atoms with Crippen LogP contribution in [0.1, 0.15) is 25.8 Å². The first kappa shape index (κ1) is 14.9. The minimum atomic E-state index is -0.157. The summed E-state index contributed by atoms with van der Waals surface area (Å²) in [7, 11) is 0. The first-order valence-electron chi connectivity index (χ1n) is 6.87. The van der Waals surface area contributed by atoms with Crippen LogP contribution >= 0.6 is 11.8 Å². The summed E-state index contributed by atoms with van der Waals surface area (Å²) in [6.45, 7) is 6.64. The zero-order chi connectivity index (χ0) is 14.4. The molecule has 20 heavy (non-hydrogen) atoms. The maximum atomic E-state index is 11.5. The molecule has 1 aromatic carbocycles. The largest absolute Gasteiger partial charge is 0.343 e.